The van der Waals surface area contributed by atoms with Crippen molar-refractivity contribution in [1.82, 2.24) is 4.90 Å². The van der Waals surface area contributed by atoms with Crippen LogP contribution >= 0.6 is 0 Å². The van der Waals surface area contributed by atoms with Crippen LogP contribution in [0.5, 0.6) is 0 Å². The quantitative estimate of drug-likeness (QED) is 0.908. The molecule has 1 aromatic rings. The van der Waals surface area contributed by atoms with E-state index in [2.05, 4.69) is 6.92 Å². The first-order valence-electron chi connectivity index (χ1n) is 7.08. The number of likely N-dealkylation sites (tertiary alicyclic amines) is 1. The highest BCUT2D eigenvalue weighted by atomic mass is 16.3. The van der Waals surface area contributed by atoms with E-state index in [9.17, 15) is 9.90 Å². The standard InChI is InChI=1S/C16H23NO2/c1-12-3-6-14(7-4-12)15(18)11-17-10-9-13(2)5-8-16(17)19/h3-4,6-7,13,15,18H,5,8-11H2,1-2H3. The Morgan fingerprint density at radius 2 is 2.00 bits per heavy atom. The van der Waals surface area contributed by atoms with E-state index in [4.69, 9.17) is 0 Å². The van der Waals surface area contributed by atoms with Gasteiger partial charge in [0.15, 0.2) is 0 Å². The molecule has 2 atom stereocenters. The number of carbonyl (C=O) groups excluding carboxylic acids is 1. The lowest BCUT2D eigenvalue weighted by atomic mass is 10.0. The van der Waals surface area contributed by atoms with Gasteiger partial charge in [-0.05, 0) is 31.2 Å². The Labute approximate surface area is 115 Å². The molecule has 1 fully saturated rings. The lowest BCUT2D eigenvalue weighted by molar-refractivity contribution is -0.132. The topological polar surface area (TPSA) is 40.5 Å². The summed E-state index contributed by atoms with van der Waals surface area (Å²) >= 11 is 0. The maximum Gasteiger partial charge on any atom is 0.222 e. The molecule has 2 rings (SSSR count). The molecule has 1 amide bonds. The van der Waals surface area contributed by atoms with Gasteiger partial charge < -0.3 is 10.0 Å². The summed E-state index contributed by atoms with van der Waals surface area (Å²) in [7, 11) is 0. The van der Waals surface area contributed by atoms with E-state index >= 15 is 0 Å². The number of nitrogens with zero attached hydrogens (tertiary/aromatic N) is 1. The fourth-order valence-corrected chi connectivity index (χ4v) is 2.47. The predicted molar refractivity (Wildman–Crippen MR) is 75.7 cm³/mol. The molecule has 19 heavy (non-hydrogen) atoms. The highest BCUT2D eigenvalue weighted by molar-refractivity contribution is 5.76. The number of aliphatic hydroxyl groups is 1. The highest BCUT2D eigenvalue weighted by Gasteiger charge is 2.22. The van der Waals surface area contributed by atoms with E-state index in [-0.39, 0.29) is 5.91 Å². The van der Waals surface area contributed by atoms with Crippen LogP contribution in [0.2, 0.25) is 0 Å². The van der Waals surface area contributed by atoms with E-state index in [0.29, 0.717) is 18.9 Å². The second-order valence-electron chi connectivity index (χ2n) is 5.70. The van der Waals surface area contributed by atoms with Gasteiger partial charge in [0.05, 0.1) is 12.6 Å². The summed E-state index contributed by atoms with van der Waals surface area (Å²) in [5.74, 6) is 0.779. The van der Waals surface area contributed by atoms with Crippen molar-refractivity contribution in [2.24, 2.45) is 5.92 Å². The van der Waals surface area contributed by atoms with E-state index in [1.807, 2.05) is 36.1 Å². The number of carbonyl (C=O) groups is 1. The molecule has 1 N–H and O–H groups in total. The van der Waals surface area contributed by atoms with Crippen molar-refractivity contribution in [2.75, 3.05) is 13.1 Å². The van der Waals surface area contributed by atoms with Crippen LogP contribution in [-0.2, 0) is 4.79 Å². The third kappa shape index (κ3) is 3.80. The van der Waals surface area contributed by atoms with Gasteiger partial charge >= 0.3 is 0 Å². The van der Waals surface area contributed by atoms with Crippen LogP contribution in [0.15, 0.2) is 24.3 Å². The second kappa shape index (κ2) is 6.20. The summed E-state index contributed by atoms with van der Waals surface area (Å²) in [6, 6.07) is 7.85. The van der Waals surface area contributed by atoms with Gasteiger partial charge in [0.1, 0.15) is 0 Å². The zero-order chi connectivity index (χ0) is 13.8. The van der Waals surface area contributed by atoms with Gasteiger partial charge in [0, 0.05) is 13.0 Å². The first-order valence-corrected chi connectivity index (χ1v) is 7.08. The molecule has 0 aromatic heterocycles. The Morgan fingerprint density at radius 3 is 2.68 bits per heavy atom. The molecule has 1 aliphatic heterocycles. The van der Waals surface area contributed by atoms with Gasteiger partial charge in [-0.15, -0.1) is 0 Å². The van der Waals surface area contributed by atoms with Crippen molar-refractivity contribution in [1.29, 1.82) is 0 Å². The maximum atomic E-state index is 12.0. The Bertz CT molecular complexity index is 427. The minimum absolute atomic E-state index is 0.176. The third-order valence-electron chi connectivity index (χ3n) is 3.95. The first-order chi connectivity index (χ1) is 9.06. The van der Waals surface area contributed by atoms with Crippen molar-refractivity contribution in [3.63, 3.8) is 0 Å². The van der Waals surface area contributed by atoms with E-state index in [0.717, 1.165) is 24.9 Å². The molecule has 1 aliphatic rings. The molecule has 0 radical (unpaired) electrons. The van der Waals surface area contributed by atoms with Crippen molar-refractivity contribution in [3.05, 3.63) is 35.4 Å². The zero-order valence-electron chi connectivity index (χ0n) is 11.8. The van der Waals surface area contributed by atoms with Gasteiger partial charge in [0.25, 0.3) is 0 Å². The normalized spacial score (nSPS) is 22.2. The van der Waals surface area contributed by atoms with E-state index < -0.39 is 6.10 Å². The Hall–Kier alpha value is -1.35. The Balaban J connectivity index is 1.99. The number of hydrogen-bond donors (Lipinski definition) is 1. The number of amides is 1. The summed E-state index contributed by atoms with van der Waals surface area (Å²) < 4.78 is 0. The van der Waals surface area contributed by atoms with E-state index in [1.165, 1.54) is 5.56 Å². The summed E-state index contributed by atoms with van der Waals surface area (Å²) in [5.41, 5.74) is 2.06. The highest BCUT2D eigenvalue weighted by Crippen LogP contribution is 2.21. The van der Waals surface area contributed by atoms with Crippen LogP contribution in [0.4, 0.5) is 0 Å². The summed E-state index contributed by atoms with van der Waals surface area (Å²) in [4.78, 5) is 13.8. The molecule has 2 unspecified atom stereocenters. The monoisotopic (exact) mass is 261 g/mol. The molecule has 1 heterocycles. The van der Waals surface area contributed by atoms with Crippen molar-refractivity contribution in [3.8, 4) is 0 Å². The summed E-state index contributed by atoms with van der Waals surface area (Å²) in [5, 5.41) is 10.2. The molecule has 0 bridgehead atoms. The van der Waals surface area contributed by atoms with Gasteiger partial charge in [-0.3, -0.25) is 4.79 Å². The molecule has 104 valence electrons. The van der Waals surface area contributed by atoms with Crippen molar-refractivity contribution < 1.29 is 9.90 Å². The maximum absolute atomic E-state index is 12.0. The molecule has 0 aliphatic carbocycles. The average Bonchev–Trinajstić information content (AvgIpc) is 2.55. The average molecular weight is 261 g/mol. The number of aliphatic hydroxyl groups excluding tert-OH is 1. The third-order valence-corrected chi connectivity index (χ3v) is 3.95. The predicted octanol–water partition coefficient (Wildman–Crippen LogP) is 2.68. The minimum Gasteiger partial charge on any atom is -0.387 e. The van der Waals surface area contributed by atoms with Crippen LogP contribution in [0.25, 0.3) is 0 Å². The van der Waals surface area contributed by atoms with Crippen LogP contribution in [0.1, 0.15) is 43.4 Å². The summed E-state index contributed by atoms with van der Waals surface area (Å²) in [6.07, 6.45) is 2.03. The van der Waals surface area contributed by atoms with Gasteiger partial charge in [-0.1, -0.05) is 36.8 Å². The van der Waals surface area contributed by atoms with Crippen molar-refractivity contribution in [2.45, 2.75) is 39.2 Å². The van der Waals surface area contributed by atoms with E-state index in [1.54, 1.807) is 0 Å². The van der Waals surface area contributed by atoms with Gasteiger partial charge in [0.2, 0.25) is 5.91 Å². The summed E-state index contributed by atoms with van der Waals surface area (Å²) in [6.45, 7) is 5.39. The molecule has 0 saturated carbocycles. The SMILES string of the molecule is Cc1ccc(C(O)CN2CCC(C)CCC2=O)cc1. The Kier molecular flexibility index (Phi) is 4.59. The largest absolute Gasteiger partial charge is 0.387 e. The number of hydrogen-bond acceptors (Lipinski definition) is 2. The second-order valence-corrected chi connectivity index (χ2v) is 5.70. The number of rotatable bonds is 3. The van der Waals surface area contributed by atoms with Crippen LogP contribution in [0, 0.1) is 12.8 Å². The molecule has 1 aromatic carbocycles. The molecular formula is C16H23NO2. The minimum atomic E-state index is -0.585. The first kappa shape index (κ1) is 14.1. The van der Waals surface area contributed by atoms with Crippen molar-refractivity contribution >= 4 is 5.91 Å². The van der Waals surface area contributed by atoms with Crippen LogP contribution in [-0.4, -0.2) is 29.0 Å². The molecule has 3 heteroatoms. The zero-order valence-corrected chi connectivity index (χ0v) is 11.8. The molecule has 3 nitrogen and oxygen atoms in total. The Morgan fingerprint density at radius 1 is 1.32 bits per heavy atom. The molecule has 0 spiro atoms. The smallest absolute Gasteiger partial charge is 0.222 e. The molecular weight excluding hydrogens is 238 g/mol. The number of aryl methyl sites for hydroxylation is 1. The fraction of sp³-hybridized carbons (Fsp3) is 0.562. The van der Waals surface area contributed by atoms with Gasteiger partial charge in [-0.25, -0.2) is 0 Å². The van der Waals surface area contributed by atoms with Crippen LogP contribution < -0.4 is 0 Å². The van der Waals surface area contributed by atoms with Gasteiger partial charge in [-0.2, -0.15) is 0 Å². The number of β-amino-alcohol motifs (C(OH)–C–C–N with tert-alkyl or cyclic N) is 1. The number of benzene rings is 1. The lowest BCUT2D eigenvalue weighted by Crippen LogP contribution is -2.34. The fourth-order valence-electron chi connectivity index (χ4n) is 2.47. The molecule has 1 saturated heterocycles. The van der Waals surface area contributed by atoms with Crippen LogP contribution in [0.3, 0.4) is 0 Å². The lowest BCUT2D eigenvalue weighted by Gasteiger charge is -2.24.